The molecule has 2 heterocycles. The second-order valence-corrected chi connectivity index (χ2v) is 7.60. The van der Waals surface area contributed by atoms with Crippen molar-refractivity contribution in [3.05, 3.63) is 47.0 Å². The molecule has 0 unspecified atom stereocenters. The summed E-state index contributed by atoms with van der Waals surface area (Å²) in [7, 11) is 0. The van der Waals surface area contributed by atoms with Gasteiger partial charge in [-0.3, -0.25) is 0 Å². The molecule has 1 fully saturated rings. The van der Waals surface area contributed by atoms with Gasteiger partial charge >= 0.3 is 0 Å². The van der Waals surface area contributed by atoms with Crippen molar-refractivity contribution in [1.29, 1.82) is 0 Å². The maximum atomic E-state index is 6.20. The standard InChI is InChI=1S/C20H24ClN5/c1-14-6-5-9-16(10-14)11-22-18-17-19(25-20(21)24-18)26(13-23-17)12-15-7-3-2-4-8-15/h5-6,9-10,13,15H,2-4,7-8,11-12H2,1H3,(H,22,24,25). The molecule has 1 aromatic carbocycles. The van der Waals surface area contributed by atoms with Crippen LogP contribution in [0.25, 0.3) is 11.2 Å². The lowest BCUT2D eigenvalue weighted by Gasteiger charge is -2.21. The highest BCUT2D eigenvalue weighted by atomic mass is 35.5. The second-order valence-electron chi connectivity index (χ2n) is 7.26. The molecular weight excluding hydrogens is 346 g/mol. The topological polar surface area (TPSA) is 55.6 Å². The van der Waals surface area contributed by atoms with Crippen LogP contribution in [0.15, 0.2) is 30.6 Å². The highest BCUT2D eigenvalue weighted by Crippen LogP contribution is 2.27. The number of fused-ring (bicyclic) bond motifs is 1. The fourth-order valence-corrected chi connectivity index (χ4v) is 3.99. The van der Waals surface area contributed by atoms with E-state index < -0.39 is 0 Å². The number of hydrogen-bond acceptors (Lipinski definition) is 4. The van der Waals surface area contributed by atoms with Gasteiger partial charge in [0.1, 0.15) is 0 Å². The minimum absolute atomic E-state index is 0.259. The van der Waals surface area contributed by atoms with Crippen molar-refractivity contribution in [2.24, 2.45) is 5.92 Å². The van der Waals surface area contributed by atoms with E-state index in [1.54, 1.807) is 0 Å². The van der Waals surface area contributed by atoms with Crippen LogP contribution in [0.1, 0.15) is 43.2 Å². The average Bonchev–Trinajstić information content (AvgIpc) is 3.03. The fraction of sp³-hybridized carbons (Fsp3) is 0.450. The molecule has 0 spiro atoms. The van der Waals surface area contributed by atoms with Crippen LogP contribution in [-0.4, -0.2) is 19.5 Å². The minimum Gasteiger partial charge on any atom is -0.364 e. The summed E-state index contributed by atoms with van der Waals surface area (Å²) in [6.45, 7) is 3.73. The van der Waals surface area contributed by atoms with Gasteiger partial charge in [0, 0.05) is 13.1 Å². The average molecular weight is 370 g/mol. The number of nitrogens with zero attached hydrogens (tertiary/aromatic N) is 4. The molecule has 4 rings (SSSR count). The number of aryl methyl sites for hydroxylation is 1. The number of rotatable bonds is 5. The van der Waals surface area contributed by atoms with Crippen molar-refractivity contribution < 1.29 is 0 Å². The summed E-state index contributed by atoms with van der Waals surface area (Å²) in [5, 5.41) is 3.64. The first kappa shape index (κ1) is 17.3. The van der Waals surface area contributed by atoms with Crippen LogP contribution in [0, 0.1) is 12.8 Å². The molecule has 6 heteroatoms. The molecule has 5 nitrogen and oxygen atoms in total. The predicted molar refractivity (Wildman–Crippen MR) is 105 cm³/mol. The molecule has 3 aromatic rings. The highest BCUT2D eigenvalue weighted by Gasteiger charge is 2.18. The van der Waals surface area contributed by atoms with Gasteiger partial charge in [-0.15, -0.1) is 0 Å². The zero-order valence-corrected chi connectivity index (χ0v) is 15.8. The number of aromatic nitrogens is 4. The Morgan fingerprint density at radius 2 is 2.04 bits per heavy atom. The van der Waals surface area contributed by atoms with Crippen LogP contribution in [0.5, 0.6) is 0 Å². The summed E-state index contributed by atoms with van der Waals surface area (Å²) < 4.78 is 2.14. The van der Waals surface area contributed by atoms with E-state index in [4.69, 9.17) is 11.6 Å². The van der Waals surface area contributed by atoms with E-state index in [1.807, 2.05) is 6.33 Å². The molecule has 26 heavy (non-hydrogen) atoms. The lowest BCUT2D eigenvalue weighted by molar-refractivity contribution is 0.321. The van der Waals surface area contributed by atoms with Crippen LogP contribution in [0.4, 0.5) is 5.82 Å². The van der Waals surface area contributed by atoms with E-state index in [1.165, 1.54) is 43.2 Å². The molecule has 1 aliphatic carbocycles. The Labute approximate surface area is 158 Å². The van der Waals surface area contributed by atoms with E-state index in [-0.39, 0.29) is 5.28 Å². The zero-order valence-electron chi connectivity index (χ0n) is 15.1. The molecule has 1 saturated carbocycles. The summed E-state index contributed by atoms with van der Waals surface area (Å²) in [5.74, 6) is 1.41. The number of halogens is 1. The maximum absolute atomic E-state index is 6.20. The van der Waals surface area contributed by atoms with Crippen molar-refractivity contribution >= 4 is 28.6 Å². The van der Waals surface area contributed by atoms with Crippen molar-refractivity contribution in [1.82, 2.24) is 19.5 Å². The molecule has 0 atom stereocenters. The molecule has 0 radical (unpaired) electrons. The molecule has 0 bridgehead atoms. The van der Waals surface area contributed by atoms with Crippen LogP contribution >= 0.6 is 11.6 Å². The monoisotopic (exact) mass is 369 g/mol. The van der Waals surface area contributed by atoms with E-state index in [0.29, 0.717) is 18.3 Å². The first-order chi connectivity index (χ1) is 12.7. The van der Waals surface area contributed by atoms with E-state index in [9.17, 15) is 0 Å². The lowest BCUT2D eigenvalue weighted by Crippen LogP contribution is -2.14. The Balaban J connectivity index is 1.57. The number of benzene rings is 1. The van der Waals surface area contributed by atoms with Crippen LogP contribution in [0.3, 0.4) is 0 Å². The molecule has 0 aliphatic heterocycles. The van der Waals surface area contributed by atoms with Gasteiger partial charge in [-0.2, -0.15) is 9.97 Å². The number of nitrogens with one attached hydrogen (secondary N) is 1. The van der Waals surface area contributed by atoms with Gasteiger partial charge in [-0.05, 0) is 42.8 Å². The Bertz CT molecular complexity index is 898. The van der Waals surface area contributed by atoms with Gasteiger partial charge in [-0.25, -0.2) is 4.98 Å². The third kappa shape index (κ3) is 3.83. The predicted octanol–water partition coefficient (Wildman–Crippen LogP) is 4.98. The smallest absolute Gasteiger partial charge is 0.226 e. The van der Waals surface area contributed by atoms with Gasteiger partial charge in [-0.1, -0.05) is 49.1 Å². The molecule has 136 valence electrons. The van der Waals surface area contributed by atoms with Gasteiger partial charge in [0.2, 0.25) is 5.28 Å². The maximum Gasteiger partial charge on any atom is 0.226 e. The summed E-state index contributed by atoms with van der Waals surface area (Å²) >= 11 is 6.20. The SMILES string of the molecule is Cc1cccc(CNc2nc(Cl)nc3c2ncn3CC2CCCCC2)c1. The Morgan fingerprint density at radius 1 is 1.19 bits per heavy atom. The van der Waals surface area contributed by atoms with Crippen LogP contribution < -0.4 is 5.32 Å². The Kier molecular flexibility index (Phi) is 5.07. The molecule has 1 aliphatic rings. The normalized spacial score (nSPS) is 15.5. The highest BCUT2D eigenvalue weighted by molar-refractivity contribution is 6.28. The first-order valence-electron chi connectivity index (χ1n) is 9.37. The Morgan fingerprint density at radius 3 is 2.85 bits per heavy atom. The van der Waals surface area contributed by atoms with Crippen LogP contribution in [0.2, 0.25) is 5.28 Å². The van der Waals surface area contributed by atoms with E-state index in [0.717, 1.165) is 17.7 Å². The zero-order chi connectivity index (χ0) is 17.9. The van der Waals surface area contributed by atoms with Crippen molar-refractivity contribution in [3.8, 4) is 0 Å². The van der Waals surface area contributed by atoms with E-state index in [2.05, 4.69) is 56.0 Å². The molecular formula is C20H24ClN5. The summed E-state index contributed by atoms with van der Waals surface area (Å²) in [5.41, 5.74) is 4.06. The van der Waals surface area contributed by atoms with Gasteiger partial charge in [0.05, 0.1) is 6.33 Å². The summed E-state index contributed by atoms with van der Waals surface area (Å²) in [6.07, 6.45) is 8.48. The Hall–Kier alpha value is -2.14. The molecule has 2 aromatic heterocycles. The fourth-order valence-electron chi connectivity index (χ4n) is 3.83. The molecule has 0 amide bonds. The van der Waals surface area contributed by atoms with Gasteiger partial charge in [0.15, 0.2) is 17.0 Å². The lowest BCUT2D eigenvalue weighted by atomic mass is 9.89. The number of hydrogen-bond donors (Lipinski definition) is 1. The van der Waals surface area contributed by atoms with Crippen molar-refractivity contribution in [2.75, 3.05) is 5.32 Å². The van der Waals surface area contributed by atoms with Gasteiger partial charge in [0.25, 0.3) is 0 Å². The summed E-state index contributed by atoms with van der Waals surface area (Å²) in [6, 6.07) is 8.42. The first-order valence-corrected chi connectivity index (χ1v) is 9.74. The number of imidazole rings is 1. The van der Waals surface area contributed by atoms with Crippen LogP contribution in [-0.2, 0) is 13.1 Å². The quantitative estimate of drug-likeness (QED) is 0.644. The third-order valence-corrected chi connectivity index (χ3v) is 5.33. The second kappa shape index (κ2) is 7.62. The van der Waals surface area contributed by atoms with E-state index >= 15 is 0 Å². The van der Waals surface area contributed by atoms with Crippen molar-refractivity contribution in [3.63, 3.8) is 0 Å². The molecule has 0 saturated heterocycles. The molecule has 1 N–H and O–H groups in total. The third-order valence-electron chi connectivity index (χ3n) is 5.16. The van der Waals surface area contributed by atoms with Gasteiger partial charge < -0.3 is 9.88 Å². The minimum atomic E-state index is 0.259. The largest absolute Gasteiger partial charge is 0.364 e. The van der Waals surface area contributed by atoms with Crippen molar-refractivity contribution in [2.45, 2.75) is 52.1 Å². The summed E-state index contributed by atoms with van der Waals surface area (Å²) in [4.78, 5) is 13.4. The number of anilines is 1.